The predicted octanol–water partition coefficient (Wildman–Crippen LogP) is 1.35. The van der Waals surface area contributed by atoms with Crippen LogP contribution in [-0.4, -0.2) is 86.4 Å². The number of urea groups is 1. The lowest BCUT2D eigenvalue weighted by Crippen LogP contribution is -2.43. The molecule has 36 heavy (non-hydrogen) atoms. The largest absolute Gasteiger partial charge is 0.396 e. The summed E-state index contributed by atoms with van der Waals surface area (Å²) in [5.41, 5.74) is 1.01. The summed E-state index contributed by atoms with van der Waals surface area (Å²) in [5, 5.41) is 27.0. The van der Waals surface area contributed by atoms with Crippen molar-refractivity contribution in [3.8, 4) is 0 Å². The Labute approximate surface area is 213 Å². The molecule has 12 heteroatoms. The number of nitrogens with zero attached hydrogens (tertiary/aromatic N) is 2. The second-order valence-electron chi connectivity index (χ2n) is 8.40. The van der Waals surface area contributed by atoms with Gasteiger partial charge in [0.2, 0.25) is 0 Å². The van der Waals surface area contributed by atoms with Gasteiger partial charge in [-0.3, -0.25) is 0 Å². The third kappa shape index (κ3) is 7.99. The molecule has 1 fully saturated rings. The highest BCUT2D eigenvalue weighted by Crippen LogP contribution is 2.41. The number of carbonyl (C=O) groups is 1. The van der Waals surface area contributed by atoms with Crippen molar-refractivity contribution in [1.82, 2.24) is 20.6 Å². The maximum atomic E-state index is 13.5. The molecule has 202 valence electrons. The summed E-state index contributed by atoms with van der Waals surface area (Å²) in [7, 11) is -3.68. The van der Waals surface area contributed by atoms with Crippen LogP contribution in [-0.2, 0) is 19.3 Å². The Kier molecular flexibility index (Phi) is 12.3. The van der Waals surface area contributed by atoms with Crippen molar-refractivity contribution in [3.63, 3.8) is 0 Å². The Morgan fingerprint density at radius 2 is 1.92 bits per heavy atom. The first-order valence-electron chi connectivity index (χ1n) is 12.3. The van der Waals surface area contributed by atoms with E-state index in [2.05, 4.69) is 20.9 Å². The van der Waals surface area contributed by atoms with Crippen LogP contribution in [0.15, 0.2) is 24.3 Å². The van der Waals surface area contributed by atoms with E-state index < -0.39 is 14.6 Å². The van der Waals surface area contributed by atoms with Crippen molar-refractivity contribution in [2.45, 2.75) is 44.3 Å². The number of carbonyl (C=O) groups excluding carboxylic acids is 1. The molecule has 2 heterocycles. The maximum Gasteiger partial charge on any atom is 0.315 e. The molecule has 0 bridgehead atoms. The van der Waals surface area contributed by atoms with Crippen LogP contribution in [0.3, 0.4) is 0 Å². The lowest BCUT2D eigenvalue weighted by atomic mass is 9.94. The second kappa shape index (κ2) is 14.9. The van der Waals surface area contributed by atoms with Crippen LogP contribution in [0.4, 0.5) is 10.6 Å². The summed E-state index contributed by atoms with van der Waals surface area (Å²) < 4.78 is 31.3. The van der Waals surface area contributed by atoms with Gasteiger partial charge in [-0.05, 0) is 32.6 Å². The molecule has 1 aromatic rings. The number of hydrogen-bond donors (Lipinski definition) is 5. The molecule has 0 unspecified atom stereocenters. The molecule has 2 rings (SSSR count). The van der Waals surface area contributed by atoms with E-state index in [0.717, 1.165) is 6.42 Å². The number of sulfone groups is 1. The topological polar surface area (TPSA) is 163 Å². The molecular formula is C24H39N5O6S. The highest BCUT2D eigenvalue weighted by atomic mass is 32.2. The Balaban J connectivity index is 2.43. The lowest BCUT2D eigenvalue weighted by Gasteiger charge is -2.36. The summed E-state index contributed by atoms with van der Waals surface area (Å²) in [5.74, 6) is 0.562. The van der Waals surface area contributed by atoms with Gasteiger partial charge in [-0.1, -0.05) is 25.2 Å². The first-order valence-corrected chi connectivity index (χ1v) is 14.0. The van der Waals surface area contributed by atoms with Crippen LogP contribution in [0.1, 0.15) is 51.0 Å². The first-order chi connectivity index (χ1) is 17.3. The minimum Gasteiger partial charge on any atom is -0.396 e. The average Bonchev–Trinajstić information content (AvgIpc) is 2.89. The van der Waals surface area contributed by atoms with Crippen LogP contribution in [0.2, 0.25) is 0 Å². The van der Waals surface area contributed by atoms with E-state index in [1.165, 1.54) is 0 Å². The Hall–Kier alpha value is -2.54. The molecule has 1 aliphatic heterocycles. The van der Waals surface area contributed by atoms with E-state index in [-0.39, 0.29) is 64.0 Å². The lowest BCUT2D eigenvalue weighted by molar-refractivity contribution is 0.0729. The van der Waals surface area contributed by atoms with Gasteiger partial charge in [-0.25, -0.2) is 23.2 Å². The molecule has 0 aromatic carbocycles. The molecule has 1 aliphatic rings. The Bertz CT molecular complexity index is 1010. The summed E-state index contributed by atoms with van der Waals surface area (Å²) in [4.78, 5) is 21.0. The van der Waals surface area contributed by atoms with Gasteiger partial charge < -0.3 is 30.9 Å². The van der Waals surface area contributed by atoms with E-state index in [4.69, 9.17) is 9.72 Å². The molecule has 11 nitrogen and oxygen atoms in total. The number of anilines is 1. The first kappa shape index (κ1) is 29.7. The second-order valence-corrected chi connectivity index (χ2v) is 10.8. The van der Waals surface area contributed by atoms with Crippen molar-refractivity contribution >= 4 is 27.3 Å². The van der Waals surface area contributed by atoms with Gasteiger partial charge in [-0.15, -0.1) is 0 Å². The number of aliphatic hydroxyl groups is 2. The zero-order chi connectivity index (χ0) is 26.4. The van der Waals surface area contributed by atoms with Crippen molar-refractivity contribution in [2.24, 2.45) is 0 Å². The number of nitrogens with one attached hydrogen (secondary N) is 3. The third-order valence-electron chi connectivity index (χ3n) is 5.86. The monoisotopic (exact) mass is 525 g/mol. The van der Waals surface area contributed by atoms with Crippen molar-refractivity contribution < 1.29 is 28.2 Å². The van der Waals surface area contributed by atoms with Gasteiger partial charge in [0, 0.05) is 51.1 Å². The van der Waals surface area contributed by atoms with Crippen LogP contribution in [0.25, 0.3) is 5.57 Å². The minimum absolute atomic E-state index is 0.120. The molecule has 0 saturated carbocycles. The van der Waals surface area contributed by atoms with Gasteiger partial charge in [0.15, 0.2) is 15.7 Å². The molecule has 2 amide bonds. The summed E-state index contributed by atoms with van der Waals surface area (Å²) >= 11 is 0. The maximum absolute atomic E-state index is 13.5. The summed E-state index contributed by atoms with van der Waals surface area (Å²) in [6.07, 6.45) is 6.81. The molecular weight excluding hydrogens is 486 g/mol. The number of ether oxygens (including phenoxy) is 1. The van der Waals surface area contributed by atoms with Crippen molar-refractivity contribution in [3.05, 3.63) is 35.8 Å². The minimum atomic E-state index is -3.68. The number of rotatable bonds is 14. The number of allylic oxidation sites excluding steroid dienone is 3. The molecule has 1 saturated heterocycles. The molecule has 5 N–H and O–H groups in total. The van der Waals surface area contributed by atoms with Crippen LogP contribution < -0.4 is 16.0 Å². The van der Waals surface area contributed by atoms with Gasteiger partial charge >= 0.3 is 6.03 Å². The normalized spacial score (nSPS) is 16.2. The third-order valence-corrected chi connectivity index (χ3v) is 8.49. The van der Waals surface area contributed by atoms with Gasteiger partial charge in [0.25, 0.3) is 0 Å². The predicted molar refractivity (Wildman–Crippen MR) is 139 cm³/mol. The van der Waals surface area contributed by atoms with E-state index >= 15 is 0 Å². The van der Waals surface area contributed by atoms with Crippen LogP contribution in [0.5, 0.6) is 0 Å². The van der Waals surface area contributed by atoms with Gasteiger partial charge in [0.05, 0.1) is 18.1 Å². The zero-order valence-electron chi connectivity index (χ0n) is 21.1. The SMILES string of the molecule is C/C=C(\C=C/CNC(=O)NCCC)c1nc(NCCO)cc(C2(S(=O)(=O)CCCO)CCOCC2)n1. The fourth-order valence-electron chi connectivity index (χ4n) is 3.90. The molecule has 0 radical (unpaired) electrons. The molecule has 0 aliphatic carbocycles. The van der Waals surface area contributed by atoms with Crippen LogP contribution >= 0.6 is 0 Å². The number of aliphatic hydroxyl groups excluding tert-OH is 2. The zero-order valence-corrected chi connectivity index (χ0v) is 21.9. The smallest absolute Gasteiger partial charge is 0.315 e. The quantitative estimate of drug-likeness (QED) is 0.226. The Morgan fingerprint density at radius 3 is 2.56 bits per heavy atom. The number of amides is 2. The van der Waals surface area contributed by atoms with E-state index in [1.54, 1.807) is 24.3 Å². The van der Waals surface area contributed by atoms with E-state index in [9.17, 15) is 23.4 Å². The van der Waals surface area contributed by atoms with Crippen molar-refractivity contribution in [2.75, 3.05) is 57.1 Å². The molecule has 0 atom stereocenters. The molecule has 1 aromatic heterocycles. The summed E-state index contributed by atoms with van der Waals surface area (Å²) in [6.45, 7) is 5.12. The number of aromatic nitrogens is 2. The standard InChI is InChI=1S/C24H39N5O6S/c1-3-10-26-23(32)27-11-5-7-19(4-2)22-28-20(18-21(29-22)25-12-14-31)24(8-15-35-16-9-24)36(33,34)17-6-13-30/h4-5,7,18,30-31H,3,6,8-17H2,1-2H3,(H,25,28,29)(H2,26,27,32)/b7-5-,19-4+. The number of hydrogen-bond acceptors (Lipinski definition) is 9. The van der Waals surface area contributed by atoms with E-state index in [0.29, 0.717) is 36.0 Å². The molecule has 0 spiro atoms. The Morgan fingerprint density at radius 1 is 1.17 bits per heavy atom. The average molecular weight is 526 g/mol. The van der Waals surface area contributed by atoms with Crippen molar-refractivity contribution in [1.29, 1.82) is 0 Å². The van der Waals surface area contributed by atoms with Gasteiger partial charge in [-0.2, -0.15) is 0 Å². The highest BCUT2D eigenvalue weighted by molar-refractivity contribution is 7.92. The fraction of sp³-hybridized carbons (Fsp3) is 0.625. The van der Waals surface area contributed by atoms with Crippen LogP contribution in [0, 0.1) is 0 Å². The highest BCUT2D eigenvalue weighted by Gasteiger charge is 2.47. The fourth-order valence-corrected chi connectivity index (χ4v) is 6.01. The van der Waals surface area contributed by atoms with Gasteiger partial charge in [0.1, 0.15) is 10.6 Å². The summed E-state index contributed by atoms with van der Waals surface area (Å²) in [6, 6.07) is 1.37. The van der Waals surface area contributed by atoms with E-state index in [1.807, 2.05) is 13.8 Å².